The molecule has 3 aliphatic rings. The first-order valence-corrected chi connectivity index (χ1v) is 11.8. The number of carbonyl (C=O) groups is 2. The van der Waals surface area contributed by atoms with Crippen molar-refractivity contribution in [2.24, 2.45) is 5.92 Å². The number of hydrogen-bond acceptors (Lipinski definition) is 6. The second-order valence-electron chi connectivity index (χ2n) is 9.15. The van der Waals surface area contributed by atoms with Crippen LogP contribution in [0.4, 0.5) is 10.1 Å². The summed E-state index contributed by atoms with van der Waals surface area (Å²) in [5.74, 6) is 1.03. The highest BCUT2D eigenvalue weighted by atomic mass is 19.1. The first-order valence-electron chi connectivity index (χ1n) is 11.8. The SMILES string of the molecule is O=C(C[C@H]1c2c(F)cccc2-c2cncn21)C1CCN(C(=O)CNc2ccc3c(c2)OCO3)CC1. The van der Waals surface area contributed by atoms with Gasteiger partial charge >= 0.3 is 0 Å². The highest BCUT2D eigenvalue weighted by molar-refractivity contribution is 5.85. The van der Waals surface area contributed by atoms with Gasteiger partial charge in [-0.25, -0.2) is 9.37 Å². The summed E-state index contributed by atoms with van der Waals surface area (Å²) in [7, 11) is 0. The van der Waals surface area contributed by atoms with E-state index in [1.807, 2.05) is 28.8 Å². The standard InChI is InChI=1S/C26H25FN4O4/c27-19-3-1-2-18-21-12-28-14-31(21)20(26(18)19)11-22(32)16-6-8-30(9-7-16)25(33)13-29-17-4-5-23-24(10-17)35-15-34-23/h1-5,10,12,14,16,20,29H,6-9,11,13,15H2/t20-/m0/s1. The number of ether oxygens (including phenoxy) is 2. The Morgan fingerprint density at radius 2 is 1.94 bits per heavy atom. The predicted octanol–water partition coefficient (Wildman–Crippen LogP) is 3.63. The molecule has 3 aliphatic heterocycles. The van der Waals surface area contributed by atoms with E-state index < -0.39 is 0 Å². The normalized spacial score (nSPS) is 18.3. The van der Waals surface area contributed by atoms with Gasteiger partial charge in [-0.05, 0) is 31.0 Å². The van der Waals surface area contributed by atoms with Gasteiger partial charge in [0.25, 0.3) is 0 Å². The van der Waals surface area contributed by atoms with E-state index in [9.17, 15) is 14.0 Å². The largest absolute Gasteiger partial charge is 0.454 e. The van der Waals surface area contributed by atoms with E-state index in [-0.39, 0.29) is 49.2 Å². The number of carbonyl (C=O) groups excluding carboxylic acids is 2. The zero-order valence-corrected chi connectivity index (χ0v) is 19.1. The third-order valence-electron chi connectivity index (χ3n) is 7.18. The summed E-state index contributed by atoms with van der Waals surface area (Å²) in [5, 5.41) is 3.14. The molecule has 0 spiro atoms. The van der Waals surface area contributed by atoms with Crippen LogP contribution in [0, 0.1) is 11.7 Å². The fourth-order valence-electron chi connectivity index (χ4n) is 5.30. The maximum absolute atomic E-state index is 14.7. The number of imidazole rings is 1. The van der Waals surface area contributed by atoms with Gasteiger partial charge < -0.3 is 24.3 Å². The lowest BCUT2D eigenvalue weighted by atomic mass is 9.87. The number of aromatic nitrogens is 2. The molecule has 1 aromatic heterocycles. The van der Waals surface area contributed by atoms with Gasteiger partial charge in [-0.2, -0.15) is 0 Å². The lowest BCUT2D eigenvalue weighted by Crippen LogP contribution is -2.42. The maximum Gasteiger partial charge on any atom is 0.241 e. The van der Waals surface area contributed by atoms with Crippen molar-refractivity contribution in [3.8, 4) is 22.8 Å². The molecule has 4 heterocycles. The Bertz CT molecular complexity index is 1300. The Labute approximate surface area is 201 Å². The molecule has 1 saturated heterocycles. The number of amides is 1. The molecule has 0 saturated carbocycles. The van der Waals surface area contributed by atoms with Crippen LogP contribution in [0.3, 0.4) is 0 Å². The van der Waals surface area contributed by atoms with Gasteiger partial charge in [0.1, 0.15) is 11.6 Å². The van der Waals surface area contributed by atoms with Crippen LogP contribution in [0.25, 0.3) is 11.3 Å². The highest BCUT2D eigenvalue weighted by Gasteiger charge is 2.35. The smallest absolute Gasteiger partial charge is 0.241 e. The molecule has 0 bridgehead atoms. The number of piperidine rings is 1. The van der Waals surface area contributed by atoms with Gasteiger partial charge in [-0.3, -0.25) is 9.59 Å². The predicted molar refractivity (Wildman–Crippen MR) is 126 cm³/mol. The molecule has 0 aliphatic carbocycles. The minimum Gasteiger partial charge on any atom is -0.454 e. The quantitative estimate of drug-likeness (QED) is 0.585. The van der Waals surface area contributed by atoms with Crippen LogP contribution < -0.4 is 14.8 Å². The molecule has 0 radical (unpaired) electrons. The Balaban J connectivity index is 1.04. The fourth-order valence-corrected chi connectivity index (χ4v) is 5.30. The van der Waals surface area contributed by atoms with Crippen LogP contribution in [-0.2, 0) is 9.59 Å². The van der Waals surface area contributed by atoms with Crippen molar-refractivity contribution < 1.29 is 23.5 Å². The zero-order valence-electron chi connectivity index (χ0n) is 19.1. The van der Waals surface area contributed by atoms with Crippen molar-refractivity contribution in [3.63, 3.8) is 0 Å². The molecule has 1 atom stereocenters. The summed E-state index contributed by atoms with van der Waals surface area (Å²) in [6.45, 7) is 1.44. The first-order chi connectivity index (χ1) is 17.1. The number of anilines is 1. The number of ketones is 1. The Morgan fingerprint density at radius 1 is 1.11 bits per heavy atom. The van der Waals surface area contributed by atoms with Crippen LogP contribution in [0.15, 0.2) is 48.9 Å². The van der Waals surface area contributed by atoms with E-state index in [1.54, 1.807) is 23.5 Å². The molecule has 35 heavy (non-hydrogen) atoms. The summed E-state index contributed by atoms with van der Waals surface area (Å²) in [4.78, 5) is 31.9. The minimum absolute atomic E-state index is 0.0107. The topological polar surface area (TPSA) is 85.7 Å². The van der Waals surface area contributed by atoms with Gasteiger partial charge in [0.2, 0.25) is 12.7 Å². The van der Waals surface area contributed by atoms with Crippen LogP contribution in [0.1, 0.15) is 30.9 Å². The second-order valence-corrected chi connectivity index (χ2v) is 9.15. The van der Waals surface area contributed by atoms with E-state index in [1.165, 1.54) is 6.07 Å². The third-order valence-corrected chi connectivity index (χ3v) is 7.18. The first kappa shape index (κ1) is 21.6. The number of nitrogens with one attached hydrogen (secondary N) is 1. The van der Waals surface area contributed by atoms with Gasteiger partial charge in [0.05, 0.1) is 30.8 Å². The Hall–Kier alpha value is -3.88. The zero-order chi connectivity index (χ0) is 23.9. The molecule has 0 unspecified atom stereocenters. The molecule has 6 rings (SSSR count). The number of halogens is 1. The van der Waals surface area contributed by atoms with Crippen molar-refractivity contribution in [1.82, 2.24) is 14.5 Å². The third kappa shape index (κ3) is 3.90. The fraction of sp³-hybridized carbons (Fsp3) is 0.346. The number of fused-ring (bicyclic) bond motifs is 4. The van der Waals surface area contributed by atoms with Crippen molar-refractivity contribution in [2.45, 2.75) is 25.3 Å². The summed E-state index contributed by atoms with van der Waals surface area (Å²) < 4.78 is 27.2. The Kier molecular flexibility index (Phi) is 5.39. The Morgan fingerprint density at radius 3 is 2.80 bits per heavy atom. The minimum atomic E-state index is -0.373. The summed E-state index contributed by atoms with van der Waals surface area (Å²) in [6.07, 6.45) is 4.83. The molecule has 1 amide bonds. The molecular formula is C26H25FN4O4. The van der Waals surface area contributed by atoms with Gasteiger partial charge in [-0.15, -0.1) is 0 Å². The number of hydrogen-bond donors (Lipinski definition) is 1. The van der Waals surface area contributed by atoms with Gasteiger partial charge in [0.15, 0.2) is 11.5 Å². The maximum atomic E-state index is 14.7. The van der Waals surface area contributed by atoms with E-state index in [0.29, 0.717) is 43.0 Å². The van der Waals surface area contributed by atoms with Crippen molar-refractivity contribution >= 4 is 17.4 Å². The van der Waals surface area contributed by atoms with E-state index in [2.05, 4.69) is 10.3 Å². The lowest BCUT2D eigenvalue weighted by Gasteiger charge is -2.32. The van der Waals surface area contributed by atoms with Gasteiger partial charge in [-0.1, -0.05) is 12.1 Å². The molecule has 3 aromatic rings. The van der Waals surface area contributed by atoms with E-state index in [4.69, 9.17) is 9.47 Å². The molecule has 1 fully saturated rings. The molecule has 9 heteroatoms. The van der Waals surface area contributed by atoms with Crippen molar-refractivity contribution in [3.05, 3.63) is 60.3 Å². The number of nitrogens with zero attached hydrogens (tertiary/aromatic N) is 3. The summed E-state index contributed by atoms with van der Waals surface area (Å²) in [5.41, 5.74) is 3.00. The van der Waals surface area contributed by atoms with Crippen LogP contribution in [0.5, 0.6) is 11.5 Å². The van der Waals surface area contributed by atoms with Gasteiger partial charge in [0, 0.05) is 48.3 Å². The van der Waals surface area contributed by atoms with E-state index >= 15 is 0 Å². The molecule has 180 valence electrons. The molecule has 8 nitrogen and oxygen atoms in total. The van der Waals surface area contributed by atoms with Crippen molar-refractivity contribution in [2.75, 3.05) is 31.7 Å². The molecule has 1 N–H and O–H groups in total. The van der Waals surface area contributed by atoms with Crippen molar-refractivity contribution in [1.29, 1.82) is 0 Å². The summed E-state index contributed by atoms with van der Waals surface area (Å²) >= 11 is 0. The average molecular weight is 477 g/mol. The van der Waals surface area contributed by atoms with Crippen LogP contribution in [-0.4, -0.2) is 52.6 Å². The number of rotatable bonds is 6. The lowest BCUT2D eigenvalue weighted by molar-refractivity contribution is -0.133. The molecular weight excluding hydrogens is 451 g/mol. The van der Waals surface area contributed by atoms with E-state index in [0.717, 1.165) is 16.9 Å². The highest BCUT2D eigenvalue weighted by Crippen LogP contribution is 2.43. The number of likely N-dealkylation sites (tertiary alicyclic amines) is 1. The number of benzene rings is 2. The monoisotopic (exact) mass is 476 g/mol. The number of Topliss-reactive ketones (excluding diaryl/α,β-unsaturated/α-hetero) is 1. The second kappa shape index (κ2) is 8.72. The summed E-state index contributed by atoms with van der Waals surface area (Å²) in [6, 6.07) is 10.1. The molecule has 2 aromatic carbocycles. The average Bonchev–Trinajstić information content (AvgIpc) is 3.60. The van der Waals surface area contributed by atoms with Crippen LogP contribution >= 0.6 is 0 Å². The van der Waals surface area contributed by atoms with Crippen LogP contribution in [0.2, 0.25) is 0 Å².